The van der Waals surface area contributed by atoms with Gasteiger partial charge in [-0.1, -0.05) is 25.2 Å². The van der Waals surface area contributed by atoms with Gasteiger partial charge in [0.05, 0.1) is 17.2 Å². The third-order valence-corrected chi connectivity index (χ3v) is 4.88. The van der Waals surface area contributed by atoms with Crippen LogP contribution in [0.25, 0.3) is 0 Å². The van der Waals surface area contributed by atoms with E-state index in [2.05, 4.69) is 18.7 Å². The van der Waals surface area contributed by atoms with Crippen LogP contribution < -0.4 is 4.90 Å². The Balaban J connectivity index is 1.83. The predicted molar refractivity (Wildman–Crippen MR) is 75.2 cm³/mol. The van der Waals surface area contributed by atoms with Gasteiger partial charge in [-0.05, 0) is 37.5 Å². The Morgan fingerprint density at radius 2 is 2.06 bits per heavy atom. The SMILES string of the molecule is CC(C)c1nc(N(CC2CC2)C2CC2)sc1CO. The highest BCUT2D eigenvalue weighted by molar-refractivity contribution is 7.15. The standard InChI is InChI=1S/C14H22N2OS/c1-9(2)13-12(8-17)18-14(15-13)16(11-5-6-11)7-10-3-4-10/h9-11,17H,3-8H2,1-2H3. The molecule has 2 aliphatic carbocycles. The summed E-state index contributed by atoms with van der Waals surface area (Å²) in [6.45, 7) is 5.62. The van der Waals surface area contributed by atoms with E-state index >= 15 is 0 Å². The van der Waals surface area contributed by atoms with Gasteiger partial charge in [-0.2, -0.15) is 0 Å². The lowest BCUT2D eigenvalue weighted by molar-refractivity contribution is 0.283. The van der Waals surface area contributed by atoms with Crippen molar-refractivity contribution in [3.63, 3.8) is 0 Å². The molecule has 0 amide bonds. The zero-order valence-corrected chi connectivity index (χ0v) is 12.0. The van der Waals surface area contributed by atoms with Crippen LogP contribution >= 0.6 is 11.3 Å². The fraction of sp³-hybridized carbons (Fsp3) is 0.786. The zero-order valence-electron chi connectivity index (χ0n) is 11.2. The summed E-state index contributed by atoms with van der Waals surface area (Å²) in [6, 6.07) is 0.725. The summed E-state index contributed by atoms with van der Waals surface area (Å²) >= 11 is 1.70. The minimum absolute atomic E-state index is 0.132. The van der Waals surface area contributed by atoms with Crippen LogP contribution in [-0.2, 0) is 6.61 Å². The van der Waals surface area contributed by atoms with Gasteiger partial charge in [-0.3, -0.25) is 0 Å². The fourth-order valence-electron chi connectivity index (χ4n) is 2.39. The molecule has 0 unspecified atom stereocenters. The van der Waals surface area contributed by atoms with Crippen molar-refractivity contribution >= 4 is 16.5 Å². The van der Waals surface area contributed by atoms with E-state index in [1.165, 1.54) is 32.2 Å². The Morgan fingerprint density at radius 1 is 1.33 bits per heavy atom. The maximum atomic E-state index is 9.46. The largest absolute Gasteiger partial charge is 0.391 e. The second kappa shape index (κ2) is 4.82. The van der Waals surface area contributed by atoms with Gasteiger partial charge in [0.2, 0.25) is 0 Å². The number of aromatic nitrogens is 1. The van der Waals surface area contributed by atoms with E-state index in [9.17, 15) is 5.11 Å². The van der Waals surface area contributed by atoms with Crippen LogP contribution in [0.4, 0.5) is 5.13 Å². The summed E-state index contributed by atoms with van der Waals surface area (Å²) in [5.74, 6) is 1.30. The normalized spacial score (nSPS) is 19.6. The molecule has 0 atom stereocenters. The van der Waals surface area contributed by atoms with Gasteiger partial charge in [-0.25, -0.2) is 4.98 Å². The summed E-state index contributed by atoms with van der Waals surface area (Å²) in [5, 5.41) is 10.6. The molecular weight excluding hydrogens is 244 g/mol. The van der Waals surface area contributed by atoms with E-state index in [-0.39, 0.29) is 6.61 Å². The van der Waals surface area contributed by atoms with Crippen LogP contribution in [0.5, 0.6) is 0 Å². The molecule has 100 valence electrons. The molecule has 0 aliphatic heterocycles. The second-order valence-electron chi connectivity index (χ2n) is 5.94. The Bertz CT molecular complexity index is 421. The highest BCUT2D eigenvalue weighted by atomic mass is 32.1. The number of anilines is 1. The van der Waals surface area contributed by atoms with Crippen LogP contribution in [0.15, 0.2) is 0 Å². The number of thiazole rings is 1. The Kier molecular flexibility index (Phi) is 3.32. The van der Waals surface area contributed by atoms with Crippen LogP contribution in [-0.4, -0.2) is 22.7 Å². The Labute approximate surface area is 113 Å². The summed E-state index contributed by atoms with van der Waals surface area (Å²) < 4.78 is 0. The average molecular weight is 266 g/mol. The first-order chi connectivity index (χ1) is 8.69. The number of hydrogen-bond donors (Lipinski definition) is 1. The number of hydrogen-bond acceptors (Lipinski definition) is 4. The zero-order chi connectivity index (χ0) is 12.7. The maximum Gasteiger partial charge on any atom is 0.186 e. The van der Waals surface area contributed by atoms with E-state index in [4.69, 9.17) is 4.98 Å². The van der Waals surface area contributed by atoms with Gasteiger partial charge < -0.3 is 10.0 Å². The van der Waals surface area contributed by atoms with Crippen molar-refractivity contribution in [3.05, 3.63) is 10.6 Å². The monoisotopic (exact) mass is 266 g/mol. The first kappa shape index (κ1) is 12.4. The summed E-state index contributed by atoms with van der Waals surface area (Å²) in [7, 11) is 0. The van der Waals surface area contributed by atoms with Crippen LogP contribution in [0, 0.1) is 5.92 Å². The first-order valence-electron chi connectivity index (χ1n) is 7.06. The van der Waals surface area contributed by atoms with Crippen molar-refractivity contribution in [3.8, 4) is 0 Å². The lowest BCUT2D eigenvalue weighted by atomic mass is 10.1. The lowest BCUT2D eigenvalue weighted by Crippen LogP contribution is -2.27. The molecule has 3 rings (SSSR count). The molecule has 0 spiro atoms. The van der Waals surface area contributed by atoms with Gasteiger partial charge in [0.15, 0.2) is 5.13 Å². The minimum atomic E-state index is 0.132. The molecule has 4 heteroatoms. The molecule has 0 saturated heterocycles. The number of aliphatic hydroxyl groups is 1. The molecular formula is C14H22N2OS. The van der Waals surface area contributed by atoms with E-state index in [0.29, 0.717) is 5.92 Å². The molecule has 0 radical (unpaired) electrons. The topological polar surface area (TPSA) is 36.4 Å². The molecule has 1 aromatic heterocycles. The van der Waals surface area contributed by atoms with Gasteiger partial charge in [0.25, 0.3) is 0 Å². The van der Waals surface area contributed by atoms with Crippen molar-refractivity contribution < 1.29 is 5.11 Å². The van der Waals surface area contributed by atoms with Crippen molar-refractivity contribution in [2.75, 3.05) is 11.4 Å². The lowest BCUT2D eigenvalue weighted by Gasteiger charge is -2.21. The predicted octanol–water partition coefficient (Wildman–Crippen LogP) is 3.14. The molecule has 18 heavy (non-hydrogen) atoms. The highest BCUT2D eigenvalue weighted by Gasteiger charge is 2.35. The van der Waals surface area contributed by atoms with Crippen molar-refractivity contribution in [2.45, 2.75) is 58.1 Å². The summed E-state index contributed by atoms with van der Waals surface area (Å²) in [4.78, 5) is 8.37. The van der Waals surface area contributed by atoms with Crippen LogP contribution in [0.2, 0.25) is 0 Å². The van der Waals surface area contributed by atoms with Gasteiger partial charge in [0, 0.05) is 12.6 Å². The molecule has 1 heterocycles. The third kappa shape index (κ3) is 2.54. The van der Waals surface area contributed by atoms with Gasteiger partial charge in [0.1, 0.15) is 0 Å². The average Bonchev–Trinajstić information content (AvgIpc) is 3.23. The van der Waals surface area contributed by atoms with E-state index < -0.39 is 0 Å². The van der Waals surface area contributed by atoms with Gasteiger partial charge >= 0.3 is 0 Å². The van der Waals surface area contributed by atoms with Crippen molar-refractivity contribution in [1.29, 1.82) is 0 Å². The first-order valence-corrected chi connectivity index (χ1v) is 7.87. The summed E-state index contributed by atoms with van der Waals surface area (Å²) in [6.07, 6.45) is 5.41. The van der Waals surface area contributed by atoms with Gasteiger partial charge in [-0.15, -0.1) is 0 Å². The van der Waals surface area contributed by atoms with Crippen molar-refractivity contribution in [2.24, 2.45) is 5.92 Å². The number of rotatable bonds is 6. The summed E-state index contributed by atoms with van der Waals surface area (Å²) in [5.41, 5.74) is 1.10. The molecule has 0 aromatic carbocycles. The number of aliphatic hydroxyl groups excluding tert-OH is 1. The quantitative estimate of drug-likeness (QED) is 0.859. The fourth-order valence-corrected chi connectivity index (χ4v) is 3.54. The van der Waals surface area contributed by atoms with Crippen LogP contribution in [0.3, 0.4) is 0 Å². The van der Waals surface area contributed by atoms with E-state index in [1.807, 2.05) is 0 Å². The smallest absolute Gasteiger partial charge is 0.186 e. The Hall–Kier alpha value is -0.610. The molecule has 2 fully saturated rings. The Morgan fingerprint density at radius 3 is 2.50 bits per heavy atom. The number of nitrogens with zero attached hydrogens (tertiary/aromatic N) is 2. The van der Waals surface area contributed by atoms with E-state index in [1.54, 1.807) is 11.3 Å². The third-order valence-electron chi connectivity index (χ3n) is 3.79. The van der Waals surface area contributed by atoms with Crippen molar-refractivity contribution in [1.82, 2.24) is 4.98 Å². The molecule has 1 aromatic rings. The highest BCUT2D eigenvalue weighted by Crippen LogP contribution is 2.40. The van der Waals surface area contributed by atoms with Crippen LogP contribution in [0.1, 0.15) is 56.0 Å². The van der Waals surface area contributed by atoms with E-state index in [0.717, 1.165) is 27.7 Å². The maximum absolute atomic E-state index is 9.46. The second-order valence-corrected chi connectivity index (χ2v) is 7.01. The minimum Gasteiger partial charge on any atom is -0.391 e. The molecule has 2 saturated carbocycles. The molecule has 2 aliphatic rings. The molecule has 0 bridgehead atoms. The molecule has 3 nitrogen and oxygen atoms in total. The molecule has 1 N–H and O–H groups in total.